The van der Waals surface area contributed by atoms with Crippen LogP contribution in [-0.4, -0.2) is 38.7 Å². The maximum Gasteiger partial charge on any atom is 0.135 e. The second-order valence-corrected chi connectivity index (χ2v) is 10.2. The maximum absolute atomic E-state index is 9.68. The Morgan fingerprint density at radius 1 is 1.22 bits per heavy atom. The topological polar surface area (TPSA) is 178 Å². The van der Waals surface area contributed by atoms with Crippen molar-refractivity contribution in [2.75, 3.05) is 0 Å². The zero-order chi connectivity index (χ0) is 26.7. The summed E-state index contributed by atoms with van der Waals surface area (Å²) in [4.78, 5) is 17.3. The summed E-state index contributed by atoms with van der Waals surface area (Å²) in [6.45, 7) is 4.65. The number of amidine groups is 1. The molecule has 2 atom stereocenters. The molecule has 0 radical (unpaired) electrons. The average molecular weight is 521 g/mol. The lowest BCUT2D eigenvalue weighted by Gasteiger charge is -2.29. The van der Waals surface area contributed by atoms with E-state index in [1.54, 1.807) is 18.5 Å². The molecule has 0 spiro atoms. The predicted octanol–water partition coefficient (Wildman–Crippen LogP) is 3.73. The number of aromatic nitrogens is 2. The summed E-state index contributed by atoms with van der Waals surface area (Å²) in [5.41, 5.74) is 29.5. The van der Waals surface area contributed by atoms with Gasteiger partial charge in [0, 0.05) is 60.0 Å². The molecule has 4 rings (SSSR count). The van der Waals surface area contributed by atoms with Crippen LogP contribution >= 0.6 is 11.6 Å². The molecular formula is C27H33ClN8O. The van der Waals surface area contributed by atoms with Gasteiger partial charge in [-0.2, -0.15) is 0 Å². The van der Waals surface area contributed by atoms with Crippen LogP contribution in [0.25, 0.3) is 11.1 Å². The Morgan fingerprint density at radius 3 is 2.65 bits per heavy atom. The van der Waals surface area contributed by atoms with Crippen LogP contribution in [0.2, 0.25) is 5.02 Å². The Bertz CT molecular complexity index is 1370. The van der Waals surface area contributed by atoms with Gasteiger partial charge in [-0.25, -0.2) is 4.99 Å². The number of benzene rings is 1. The van der Waals surface area contributed by atoms with E-state index in [1.807, 2.05) is 18.3 Å². The zero-order valence-corrected chi connectivity index (χ0v) is 21.7. The van der Waals surface area contributed by atoms with Crippen LogP contribution in [0.3, 0.4) is 0 Å². The van der Waals surface area contributed by atoms with E-state index in [4.69, 9.17) is 39.5 Å². The number of hydrogen-bond acceptors (Lipinski definition) is 7. The van der Waals surface area contributed by atoms with E-state index in [-0.39, 0.29) is 34.1 Å². The molecule has 0 amide bonds. The number of H-pyrrole nitrogens is 1. The highest BCUT2D eigenvalue weighted by molar-refractivity contribution is 6.34. The number of pyridine rings is 1. The van der Waals surface area contributed by atoms with E-state index in [0.29, 0.717) is 23.5 Å². The third-order valence-electron chi connectivity index (χ3n) is 7.02. The first-order valence-corrected chi connectivity index (χ1v) is 12.4. The third-order valence-corrected chi connectivity index (χ3v) is 7.33. The molecule has 0 bridgehead atoms. The first kappa shape index (κ1) is 26.4. The van der Waals surface area contributed by atoms with Crippen molar-refractivity contribution in [3.8, 4) is 16.9 Å². The molecule has 2 heterocycles. The number of phenolic OH excluding ortho intramolecular Hbond substituents is 1. The van der Waals surface area contributed by atoms with Crippen LogP contribution in [0, 0.1) is 5.41 Å². The number of nitrogens with two attached hydrogens (primary N) is 4. The number of aromatic amines is 1. The van der Waals surface area contributed by atoms with Crippen molar-refractivity contribution < 1.29 is 5.11 Å². The van der Waals surface area contributed by atoms with Crippen molar-refractivity contribution in [1.82, 2.24) is 9.97 Å². The molecule has 1 aliphatic carbocycles. The Balaban J connectivity index is 1.80. The number of halogens is 1. The first-order chi connectivity index (χ1) is 17.6. The number of nitrogens with zero attached hydrogens (tertiary/aromatic N) is 3. The van der Waals surface area contributed by atoms with E-state index < -0.39 is 0 Å². The minimum atomic E-state index is -0.216. The van der Waals surface area contributed by atoms with Gasteiger partial charge in [0.05, 0.1) is 33.7 Å². The van der Waals surface area contributed by atoms with Crippen molar-refractivity contribution in [3.63, 3.8) is 0 Å². The maximum atomic E-state index is 9.68. The van der Waals surface area contributed by atoms with Crippen LogP contribution in [0.15, 0.2) is 70.7 Å². The van der Waals surface area contributed by atoms with Gasteiger partial charge in [0.1, 0.15) is 11.6 Å². The fraction of sp³-hybridized carbons (Fsp3) is 0.296. The van der Waals surface area contributed by atoms with Crippen molar-refractivity contribution in [2.45, 2.75) is 45.3 Å². The normalized spacial score (nSPS) is 20.4. The molecule has 1 aliphatic rings. The molecule has 3 aromatic rings. The van der Waals surface area contributed by atoms with Crippen LogP contribution < -0.4 is 22.9 Å². The van der Waals surface area contributed by atoms with E-state index in [0.717, 1.165) is 35.2 Å². The van der Waals surface area contributed by atoms with Gasteiger partial charge in [0.15, 0.2) is 0 Å². The number of nitrogens with one attached hydrogen (secondary N) is 1. The summed E-state index contributed by atoms with van der Waals surface area (Å²) >= 11 is 6.27. The molecular weight excluding hydrogens is 488 g/mol. The van der Waals surface area contributed by atoms with Crippen molar-refractivity contribution in [3.05, 3.63) is 77.0 Å². The second kappa shape index (κ2) is 10.8. The van der Waals surface area contributed by atoms with E-state index in [1.165, 1.54) is 18.3 Å². The van der Waals surface area contributed by atoms with Gasteiger partial charge in [0.2, 0.25) is 0 Å². The summed E-state index contributed by atoms with van der Waals surface area (Å²) in [5.74, 6) is 0.170. The number of aromatic hydroxyl groups is 1. The van der Waals surface area contributed by atoms with Gasteiger partial charge in [-0.05, 0) is 42.7 Å². The third kappa shape index (κ3) is 5.53. The SMILES string of the molecule is CC1(C)C(N)CCC1N=C(/C(=C\N)C(N)=Nc1ccc(O)cc1Cl)c1cc(-c2cncc(CN)c2)c[nH]1. The highest BCUT2D eigenvalue weighted by Gasteiger charge is 2.41. The quantitative estimate of drug-likeness (QED) is 0.204. The van der Waals surface area contributed by atoms with Crippen molar-refractivity contribution in [1.29, 1.82) is 0 Å². The highest BCUT2D eigenvalue weighted by atomic mass is 35.5. The van der Waals surface area contributed by atoms with Crippen LogP contribution in [-0.2, 0) is 6.54 Å². The van der Waals surface area contributed by atoms with Gasteiger partial charge in [-0.3, -0.25) is 9.98 Å². The lowest BCUT2D eigenvalue weighted by molar-refractivity contribution is 0.296. The molecule has 10 N–H and O–H groups in total. The van der Waals surface area contributed by atoms with E-state index in [2.05, 4.69) is 28.8 Å². The molecule has 2 unspecified atom stereocenters. The Labute approximate surface area is 221 Å². The van der Waals surface area contributed by atoms with Crippen molar-refractivity contribution >= 4 is 28.8 Å². The monoisotopic (exact) mass is 520 g/mol. The number of aliphatic imine (C=N–C) groups is 2. The van der Waals surface area contributed by atoms with Gasteiger partial charge in [0.25, 0.3) is 0 Å². The van der Waals surface area contributed by atoms with Crippen LogP contribution in [0.5, 0.6) is 5.75 Å². The summed E-state index contributed by atoms with van der Waals surface area (Å²) in [5, 5.41) is 9.94. The lowest BCUT2D eigenvalue weighted by Crippen LogP contribution is -2.38. The molecule has 37 heavy (non-hydrogen) atoms. The molecule has 0 aliphatic heterocycles. The Kier molecular flexibility index (Phi) is 7.68. The summed E-state index contributed by atoms with van der Waals surface area (Å²) in [7, 11) is 0. The summed E-state index contributed by atoms with van der Waals surface area (Å²) in [6.07, 6.45) is 8.51. The summed E-state index contributed by atoms with van der Waals surface area (Å²) < 4.78 is 0. The summed E-state index contributed by atoms with van der Waals surface area (Å²) in [6, 6.07) is 8.42. The number of rotatable bonds is 7. The average Bonchev–Trinajstić information content (AvgIpc) is 3.46. The minimum absolute atomic E-state index is 0.0268. The molecule has 0 saturated heterocycles. The number of phenols is 1. The van der Waals surface area contributed by atoms with Gasteiger partial charge < -0.3 is 33.0 Å². The second-order valence-electron chi connectivity index (χ2n) is 9.80. The van der Waals surface area contributed by atoms with Crippen LogP contribution in [0.4, 0.5) is 5.69 Å². The minimum Gasteiger partial charge on any atom is -0.508 e. The van der Waals surface area contributed by atoms with Gasteiger partial charge >= 0.3 is 0 Å². The molecule has 1 fully saturated rings. The fourth-order valence-corrected chi connectivity index (χ4v) is 4.73. The van der Waals surface area contributed by atoms with Gasteiger partial charge in [-0.15, -0.1) is 0 Å². The highest BCUT2D eigenvalue weighted by Crippen LogP contribution is 2.39. The zero-order valence-electron chi connectivity index (χ0n) is 20.9. The van der Waals surface area contributed by atoms with Crippen molar-refractivity contribution in [2.24, 2.45) is 38.3 Å². The molecule has 1 aromatic carbocycles. The molecule has 2 aromatic heterocycles. The molecule has 194 valence electrons. The Hall–Kier alpha value is -3.66. The smallest absolute Gasteiger partial charge is 0.135 e. The number of hydrogen-bond donors (Lipinski definition) is 6. The predicted molar refractivity (Wildman–Crippen MR) is 150 cm³/mol. The largest absolute Gasteiger partial charge is 0.508 e. The molecule has 1 saturated carbocycles. The van der Waals surface area contributed by atoms with E-state index in [9.17, 15) is 5.11 Å². The first-order valence-electron chi connectivity index (χ1n) is 12.1. The molecule has 9 nitrogen and oxygen atoms in total. The molecule has 10 heteroatoms. The van der Waals surface area contributed by atoms with E-state index >= 15 is 0 Å². The van der Waals surface area contributed by atoms with Crippen LogP contribution in [0.1, 0.15) is 37.9 Å². The lowest BCUT2D eigenvalue weighted by atomic mass is 9.84. The van der Waals surface area contributed by atoms with Gasteiger partial charge in [-0.1, -0.05) is 25.4 Å². The Morgan fingerprint density at radius 2 is 2.00 bits per heavy atom. The standard InChI is InChI=1S/C27H33ClN8O/c1-27(2)23(31)5-6-24(27)36-25(19(11-30)26(32)35-21-4-3-18(37)9-20(21)28)22-8-17(14-34-22)16-7-15(10-29)12-33-13-16/h3-4,7-9,11-14,23-24,34,37H,5-6,10,29-31H2,1-2H3,(H2,32,35)/b19-11+,36-25?. The fourth-order valence-electron chi connectivity index (χ4n) is 4.52.